The number of hydrogen-bond donors (Lipinski definition) is 2. The summed E-state index contributed by atoms with van der Waals surface area (Å²) < 4.78 is 0. The molecule has 0 aromatic carbocycles. The topological polar surface area (TPSA) is 66.6 Å². The number of nitrogens with zero attached hydrogens (tertiary/aromatic N) is 1. The van der Waals surface area contributed by atoms with Crippen molar-refractivity contribution >= 4 is 28.0 Å². The van der Waals surface area contributed by atoms with E-state index in [1.807, 2.05) is 14.1 Å². The predicted molar refractivity (Wildman–Crippen MR) is 50.0 cm³/mol. The third kappa shape index (κ3) is 1.50. The fourth-order valence-corrected chi connectivity index (χ4v) is 1.69. The Morgan fingerprint density at radius 2 is 2.25 bits per heavy atom. The zero-order valence-electron chi connectivity index (χ0n) is 6.87. The largest absolute Gasteiger partial charge is 0.477 e. The maximum Gasteiger partial charge on any atom is 0.346 e. The lowest BCUT2D eigenvalue weighted by molar-refractivity contribution is 0.0702. The maximum absolute atomic E-state index is 10.5. The highest BCUT2D eigenvalue weighted by atomic mass is 32.1. The van der Waals surface area contributed by atoms with Crippen molar-refractivity contribution in [1.29, 1.82) is 0 Å². The van der Waals surface area contributed by atoms with Gasteiger partial charge in [-0.25, -0.2) is 4.79 Å². The van der Waals surface area contributed by atoms with Gasteiger partial charge in [-0.05, 0) is 6.07 Å². The Kier molecular flexibility index (Phi) is 2.23. The summed E-state index contributed by atoms with van der Waals surface area (Å²) in [6, 6.07) is 1.47. The van der Waals surface area contributed by atoms with Crippen molar-refractivity contribution < 1.29 is 9.90 Å². The molecule has 0 bridgehead atoms. The van der Waals surface area contributed by atoms with E-state index in [0.717, 1.165) is 5.00 Å². The molecule has 0 aliphatic rings. The van der Waals surface area contributed by atoms with Crippen LogP contribution in [0, 0.1) is 0 Å². The van der Waals surface area contributed by atoms with Crippen molar-refractivity contribution in [3.8, 4) is 0 Å². The van der Waals surface area contributed by atoms with E-state index in [9.17, 15) is 4.79 Å². The first-order valence-electron chi connectivity index (χ1n) is 3.32. The van der Waals surface area contributed by atoms with Crippen LogP contribution in [0.1, 0.15) is 9.67 Å². The molecule has 1 aromatic rings. The van der Waals surface area contributed by atoms with Crippen LogP contribution >= 0.6 is 11.3 Å². The number of rotatable bonds is 2. The van der Waals surface area contributed by atoms with Crippen LogP contribution in [-0.4, -0.2) is 25.2 Å². The van der Waals surface area contributed by atoms with Gasteiger partial charge in [0.25, 0.3) is 0 Å². The summed E-state index contributed by atoms with van der Waals surface area (Å²) in [4.78, 5) is 12.6. The van der Waals surface area contributed by atoms with Gasteiger partial charge < -0.3 is 15.7 Å². The van der Waals surface area contributed by atoms with Gasteiger partial charge in [-0.15, -0.1) is 11.3 Å². The molecule has 12 heavy (non-hydrogen) atoms. The monoisotopic (exact) mass is 186 g/mol. The molecular weight excluding hydrogens is 176 g/mol. The fourth-order valence-electron chi connectivity index (χ4n) is 0.850. The fraction of sp³-hybridized carbons (Fsp3) is 0.286. The van der Waals surface area contributed by atoms with E-state index in [1.165, 1.54) is 17.4 Å². The second-order valence-electron chi connectivity index (χ2n) is 2.57. The lowest BCUT2D eigenvalue weighted by Gasteiger charge is -2.09. The van der Waals surface area contributed by atoms with Crippen LogP contribution in [0.25, 0.3) is 0 Å². The number of anilines is 2. The molecule has 66 valence electrons. The molecule has 0 saturated carbocycles. The Morgan fingerprint density at radius 1 is 1.67 bits per heavy atom. The number of nitrogens with two attached hydrogens (primary N) is 1. The van der Waals surface area contributed by atoms with Gasteiger partial charge in [0.1, 0.15) is 9.88 Å². The van der Waals surface area contributed by atoms with Crippen LogP contribution in [0.15, 0.2) is 6.07 Å². The van der Waals surface area contributed by atoms with Gasteiger partial charge in [-0.2, -0.15) is 0 Å². The molecule has 0 saturated heterocycles. The van der Waals surface area contributed by atoms with Gasteiger partial charge in [0.15, 0.2) is 0 Å². The van der Waals surface area contributed by atoms with Crippen molar-refractivity contribution in [3.05, 3.63) is 10.9 Å². The lowest BCUT2D eigenvalue weighted by Crippen LogP contribution is -2.08. The zero-order valence-corrected chi connectivity index (χ0v) is 7.68. The van der Waals surface area contributed by atoms with Crippen LogP contribution in [0.5, 0.6) is 0 Å². The molecule has 0 spiro atoms. The third-order valence-corrected chi connectivity index (χ3v) is 2.66. The quantitative estimate of drug-likeness (QED) is 0.725. The van der Waals surface area contributed by atoms with E-state index in [2.05, 4.69) is 0 Å². The number of carboxylic acid groups (broad SMARTS) is 1. The molecule has 0 radical (unpaired) electrons. The highest BCUT2D eigenvalue weighted by Gasteiger charge is 2.12. The summed E-state index contributed by atoms with van der Waals surface area (Å²) in [5.41, 5.74) is 6.10. The van der Waals surface area contributed by atoms with Gasteiger partial charge in [-0.3, -0.25) is 0 Å². The summed E-state index contributed by atoms with van der Waals surface area (Å²) in [6.45, 7) is 0. The summed E-state index contributed by atoms with van der Waals surface area (Å²) in [5.74, 6) is -0.931. The van der Waals surface area contributed by atoms with E-state index in [-0.39, 0.29) is 4.88 Å². The van der Waals surface area contributed by atoms with Crippen LogP contribution in [0.2, 0.25) is 0 Å². The second kappa shape index (κ2) is 3.02. The first-order valence-corrected chi connectivity index (χ1v) is 4.14. The van der Waals surface area contributed by atoms with Crippen molar-refractivity contribution in [1.82, 2.24) is 0 Å². The second-order valence-corrected chi connectivity index (χ2v) is 3.60. The standard InChI is InChI=1S/C7H10N2O2S/c1-9(2)6-4(8)3-5(12-6)7(10)11/h3H,8H2,1-2H3,(H,10,11). The molecule has 3 N–H and O–H groups in total. The average molecular weight is 186 g/mol. The molecule has 1 aromatic heterocycles. The number of nitrogen functional groups attached to an aromatic ring is 1. The van der Waals surface area contributed by atoms with Gasteiger partial charge in [0.2, 0.25) is 0 Å². The SMILES string of the molecule is CN(C)c1sc(C(=O)O)cc1N. The predicted octanol–water partition coefficient (Wildman–Crippen LogP) is 1.09. The molecule has 0 aliphatic heterocycles. The number of carbonyl (C=O) groups is 1. The number of carboxylic acids is 1. The highest BCUT2D eigenvalue weighted by molar-refractivity contribution is 7.18. The summed E-state index contributed by atoms with van der Waals surface area (Å²) >= 11 is 1.18. The van der Waals surface area contributed by atoms with Gasteiger partial charge in [0.05, 0.1) is 5.69 Å². The zero-order chi connectivity index (χ0) is 9.30. The van der Waals surface area contributed by atoms with E-state index < -0.39 is 5.97 Å². The van der Waals surface area contributed by atoms with Crippen LogP contribution < -0.4 is 10.6 Å². The summed E-state index contributed by atoms with van der Waals surface area (Å²) in [5, 5.41) is 9.43. The van der Waals surface area contributed by atoms with E-state index in [4.69, 9.17) is 10.8 Å². The van der Waals surface area contributed by atoms with Crippen molar-refractivity contribution in [2.45, 2.75) is 0 Å². The molecule has 0 unspecified atom stereocenters. The van der Waals surface area contributed by atoms with Gasteiger partial charge >= 0.3 is 5.97 Å². The minimum absolute atomic E-state index is 0.274. The summed E-state index contributed by atoms with van der Waals surface area (Å²) in [7, 11) is 3.65. The lowest BCUT2D eigenvalue weighted by atomic mass is 10.4. The minimum atomic E-state index is -0.931. The Labute approximate surface area is 74.2 Å². The normalized spacial score (nSPS) is 9.83. The Hall–Kier alpha value is -1.23. The molecule has 5 heteroatoms. The van der Waals surface area contributed by atoms with Crippen molar-refractivity contribution in [2.75, 3.05) is 24.7 Å². The van der Waals surface area contributed by atoms with Crippen LogP contribution in [0.4, 0.5) is 10.7 Å². The number of aromatic carboxylic acids is 1. The van der Waals surface area contributed by atoms with Gasteiger partial charge in [0, 0.05) is 14.1 Å². The first-order chi connectivity index (χ1) is 5.52. The van der Waals surface area contributed by atoms with E-state index >= 15 is 0 Å². The smallest absolute Gasteiger partial charge is 0.346 e. The minimum Gasteiger partial charge on any atom is -0.477 e. The molecule has 0 aliphatic carbocycles. The highest BCUT2D eigenvalue weighted by Crippen LogP contribution is 2.32. The Morgan fingerprint density at radius 3 is 2.50 bits per heavy atom. The molecule has 0 atom stereocenters. The number of hydrogen-bond acceptors (Lipinski definition) is 4. The van der Waals surface area contributed by atoms with Crippen LogP contribution in [0.3, 0.4) is 0 Å². The summed E-state index contributed by atoms with van der Waals surface area (Å²) in [6.07, 6.45) is 0. The number of thiophene rings is 1. The Balaban J connectivity index is 3.09. The van der Waals surface area contributed by atoms with Crippen molar-refractivity contribution in [3.63, 3.8) is 0 Å². The molecule has 4 nitrogen and oxygen atoms in total. The van der Waals surface area contributed by atoms with Gasteiger partial charge in [-0.1, -0.05) is 0 Å². The van der Waals surface area contributed by atoms with Crippen molar-refractivity contribution in [2.24, 2.45) is 0 Å². The van der Waals surface area contributed by atoms with E-state index in [0.29, 0.717) is 5.69 Å². The molecule has 1 heterocycles. The first kappa shape index (κ1) is 8.86. The average Bonchev–Trinajstić information content (AvgIpc) is 2.30. The van der Waals surface area contributed by atoms with E-state index in [1.54, 1.807) is 4.90 Å². The maximum atomic E-state index is 10.5. The molecule has 0 amide bonds. The molecule has 1 rings (SSSR count). The van der Waals surface area contributed by atoms with Crippen LogP contribution in [-0.2, 0) is 0 Å². The Bertz CT molecular complexity index is 306. The molecule has 0 fully saturated rings. The molecular formula is C7H10N2O2S. The third-order valence-electron chi connectivity index (χ3n) is 1.36.